The number of unbranched alkanes of at least 4 members (excludes halogenated alkanes) is 2. The van der Waals surface area contributed by atoms with E-state index >= 15 is 0 Å². The third kappa shape index (κ3) is 7.28. The molecule has 1 saturated heterocycles. The van der Waals surface area contributed by atoms with E-state index in [9.17, 15) is 14.4 Å². The number of hydrogen-bond acceptors (Lipinski definition) is 3. The predicted molar refractivity (Wildman–Crippen MR) is 68.7 cm³/mol. The number of rotatable bonds is 8. The van der Waals surface area contributed by atoms with Crippen LogP contribution in [0.5, 0.6) is 0 Å². The molecule has 0 aliphatic carbocycles. The van der Waals surface area contributed by atoms with Crippen molar-refractivity contribution < 1.29 is 19.5 Å². The standard InChI is InChI=1S/C12H21N3O4/c16-10-6-5-9(15-10)8-14-12(19)13-7-3-1-2-4-11(17)18/h9H,1-8H2,(H,15,16)(H,17,18)(H2,13,14,19). The molecule has 0 aromatic carbocycles. The third-order valence-electron chi connectivity index (χ3n) is 2.95. The van der Waals surface area contributed by atoms with Crippen LogP contribution >= 0.6 is 0 Å². The van der Waals surface area contributed by atoms with Crippen molar-refractivity contribution in [2.45, 2.75) is 44.6 Å². The number of carbonyl (C=O) groups is 3. The van der Waals surface area contributed by atoms with Crippen LogP contribution in [0.2, 0.25) is 0 Å². The summed E-state index contributed by atoms with van der Waals surface area (Å²) in [5.41, 5.74) is 0. The number of carbonyl (C=O) groups excluding carboxylic acids is 2. The summed E-state index contributed by atoms with van der Waals surface area (Å²) in [5.74, 6) is -0.755. The Morgan fingerprint density at radius 1 is 1.26 bits per heavy atom. The van der Waals surface area contributed by atoms with E-state index in [0.717, 1.165) is 19.3 Å². The fourth-order valence-corrected chi connectivity index (χ4v) is 1.89. The first kappa shape index (κ1) is 15.3. The molecule has 0 aromatic rings. The Bertz CT molecular complexity index is 333. The van der Waals surface area contributed by atoms with Crippen LogP contribution in [0.25, 0.3) is 0 Å². The summed E-state index contributed by atoms with van der Waals surface area (Å²) in [5, 5.41) is 16.6. The van der Waals surface area contributed by atoms with Gasteiger partial charge in [0.05, 0.1) is 0 Å². The quantitative estimate of drug-likeness (QED) is 0.473. The number of urea groups is 1. The van der Waals surface area contributed by atoms with Gasteiger partial charge in [-0.3, -0.25) is 9.59 Å². The SMILES string of the molecule is O=C(O)CCCCCNC(=O)NCC1CCC(=O)N1. The predicted octanol–water partition coefficient (Wildman–Crippen LogP) is 0.209. The van der Waals surface area contributed by atoms with Gasteiger partial charge in [-0.25, -0.2) is 4.79 Å². The fraction of sp³-hybridized carbons (Fsp3) is 0.750. The van der Waals surface area contributed by atoms with E-state index in [2.05, 4.69) is 16.0 Å². The molecule has 1 rings (SSSR count). The first-order valence-corrected chi connectivity index (χ1v) is 6.61. The minimum absolute atomic E-state index is 0.0330. The van der Waals surface area contributed by atoms with Crippen LogP contribution in [0.15, 0.2) is 0 Å². The molecule has 108 valence electrons. The lowest BCUT2D eigenvalue weighted by molar-refractivity contribution is -0.137. The molecule has 1 aliphatic heterocycles. The zero-order valence-corrected chi connectivity index (χ0v) is 10.9. The molecule has 3 amide bonds. The molecule has 1 aliphatic rings. The topological polar surface area (TPSA) is 108 Å². The Hall–Kier alpha value is -1.79. The molecule has 0 aromatic heterocycles. The molecule has 7 nitrogen and oxygen atoms in total. The molecule has 1 heterocycles. The highest BCUT2D eigenvalue weighted by Crippen LogP contribution is 2.04. The summed E-state index contributed by atoms with van der Waals surface area (Å²) in [6.07, 6.45) is 3.64. The molecule has 1 fully saturated rings. The van der Waals surface area contributed by atoms with E-state index in [1.54, 1.807) is 0 Å². The largest absolute Gasteiger partial charge is 0.481 e. The van der Waals surface area contributed by atoms with Crippen LogP contribution in [-0.4, -0.2) is 42.1 Å². The number of carboxylic acid groups (broad SMARTS) is 1. The minimum Gasteiger partial charge on any atom is -0.481 e. The summed E-state index contributed by atoms with van der Waals surface area (Å²) >= 11 is 0. The van der Waals surface area contributed by atoms with Crippen LogP contribution in [0.1, 0.15) is 38.5 Å². The second-order valence-electron chi connectivity index (χ2n) is 4.64. The number of nitrogens with one attached hydrogen (secondary N) is 3. The molecule has 4 N–H and O–H groups in total. The molecule has 19 heavy (non-hydrogen) atoms. The number of amides is 3. The van der Waals surface area contributed by atoms with Gasteiger partial charge in [0.15, 0.2) is 0 Å². The normalized spacial score (nSPS) is 17.9. The minimum atomic E-state index is -0.788. The lowest BCUT2D eigenvalue weighted by atomic mass is 10.2. The van der Waals surface area contributed by atoms with E-state index < -0.39 is 5.97 Å². The Morgan fingerprint density at radius 2 is 2.05 bits per heavy atom. The molecule has 0 radical (unpaired) electrons. The number of carboxylic acids is 1. The van der Waals surface area contributed by atoms with Gasteiger partial charge in [0.2, 0.25) is 5.91 Å². The van der Waals surface area contributed by atoms with Gasteiger partial charge in [-0.2, -0.15) is 0 Å². The highest BCUT2D eigenvalue weighted by atomic mass is 16.4. The van der Waals surface area contributed by atoms with Crippen LogP contribution in [0.3, 0.4) is 0 Å². The van der Waals surface area contributed by atoms with Crippen LogP contribution < -0.4 is 16.0 Å². The number of aliphatic carboxylic acids is 1. The van der Waals surface area contributed by atoms with Crippen molar-refractivity contribution in [1.29, 1.82) is 0 Å². The van der Waals surface area contributed by atoms with E-state index in [4.69, 9.17) is 5.11 Å². The van der Waals surface area contributed by atoms with E-state index in [-0.39, 0.29) is 24.4 Å². The average Bonchev–Trinajstić information content (AvgIpc) is 2.76. The Morgan fingerprint density at radius 3 is 2.68 bits per heavy atom. The first-order valence-electron chi connectivity index (χ1n) is 6.61. The Kier molecular flexibility index (Phi) is 6.70. The zero-order valence-electron chi connectivity index (χ0n) is 10.9. The van der Waals surface area contributed by atoms with Crippen LogP contribution in [0, 0.1) is 0 Å². The van der Waals surface area contributed by atoms with Crippen molar-refractivity contribution in [2.75, 3.05) is 13.1 Å². The van der Waals surface area contributed by atoms with Crippen molar-refractivity contribution >= 4 is 17.9 Å². The Balaban J connectivity index is 1.93. The van der Waals surface area contributed by atoms with Gasteiger partial charge in [0.1, 0.15) is 0 Å². The fourth-order valence-electron chi connectivity index (χ4n) is 1.89. The molecular weight excluding hydrogens is 250 g/mol. The van der Waals surface area contributed by atoms with Gasteiger partial charge < -0.3 is 21.1 Å². The second kappa shape index (κ2) is 8.34. The summed E-state index contributed by atoms with van der Waals surface area (Å²) in [7, 11) is 0. The van der Waals surface area contributed by atoms with Crippen molar-refractivity contribution in [1.82, 2.24) is 16.0 Å². The highest BCUT2D eigenvalue weighted by Gasteiger charge is 2.20. The van der Waals surface area contributed by atoms with Gasteiger partial charge in [-0.15, -0.1) is 0 Å². The summed E-state index contributed by atoms with van der Waals surface area (Å²) < 4.78 is 0. The number of hydrogen-bond donors (Lipinski definition) is 4. The van der Waals surface area contributed by atoms with Gasteiger partial charge in [-0.1, -0.05) is 6.42 Å². The van der Waals surface area contributed by atoms with E-state index in [1.807, 2.05) is 0 Å². The maximum Gasteiger partial charge on any atom is 0.314 e. The van der Waals surface area contributed by atoms with Crippen molar-refractivity contribution in [3.8, 4) is 0 Å². The highest BCUT2D eigenvalue weighted by molar-refractivity contribution is 5.79. The van der Waals surface area contributed by atoms with Crippen LogP contribution in [-0.2, 0) is 9.59 Å². The lowest BCUT2D eigenvalue weighted by Crippen LogP contribution is -2.43. The van der Waals surface area contributed by atoms with Gasteiger partial charge >= 0.3 is 12.0 Å². The average molecular weight is 271 g/mol. The van der Waals surface area contributed by atoms with Crippen molar-refractivity contribution in [3.63, 3.8) is 0 Å². The molecular formula is C12H21N3O4. The zero-order chi connectivity index (χ0) is 14.1. The maximum absolute atomic E-state index is 11.4. The molecule has 1 unspecified atom stereocenters. The van der Waals surface area contributed by atoms with Gasteiger partial charge in [0, 0.05) is 32.0 Å². The van der Waals surface area contributed by atoms with Crippen molar-refractivity contribution in [2.24, 2.45) is 0 Å². The van der Waals surface area contributed by atoms with E-state index in [1.165, 1.54) is 0 Å². The maximum atomic E-state index is 11.4. The van der Waals surface area contributed by atoms with Crippen molar-refractivity contribution in [3.05, 3.63) is 0 Å². The summed E-state index contributed by atoms with van der Waals surface area (Å²) in [6, 6.07) is -0.215. The van der Waals surface area contributed by atoms with Gasteiger partial charge in [0.25, 0.3) is 0 Å². The van der Waals surface area contributed by atoms with Gasteiger partial charge in [-0.05, 0) is 19.3 Å². The summed E-state index contributed by atoms with van der Waals surface area (Å²) in [4.78, 5) is 32.6. The molecule has 1 atom stereocenters. The lowest BCUT2D eigenvalue weighted by Gasteiger charge is -2.12. The Labute approximate surface area is 112 Å². The third-order valence-corrected chi connectivity index (χ3v) is 2.95. The van der Waals surface area contributed by atoms with E-state index in [0.29, 0.717) is 25.9 Å². The molecule has 7 heteroatoms. The monoisotopic (exact) mass is 271 g/mol. The molecule has 0 spiro atoms. The molecule has 0 bridgehead atoms. The van der Waals surface area contributed by atoms with Crippen LogP contribution in [0.4, 0.5) is 4.79 Å². The smallest absolute Gasteiger partial charge is 0.314 e. The first-order chi connectivity index (χ1) is 9.08. The second-order valence-corrected chi connectivity index (χ2v) is 4.64. The molecule has 0 saturated carbocycles. The summed E-state index contributed by atoms with van der Waals surface area (Å²) in [6.45, 7) is 0.971.